The SMILES string of the molecule is CCn1c(-c2ccccc2)c(/N=N/c2scc(C)[n+]2CC)c2ccccc21.[Br-]. The molecule has 0 spiro atoms. The molecule has 0 amide bonds. The van der Waals surface area contributed by atoms with Gasteiger partial charge in [-0.25, -0.2) is 4.57 Å². The summed E-state index contributed by atoms with van der Waals surface area (Å²) in [6.07, 6.45) is 0. The number of hydrogen-bond donors (Lipinski definition) is 0. The summed E-state index contributed by atoms with van der Waals surface area (Å²) in [6.45, 7) is 8.20. The van der Waals surface area contributed by atoms with Crippen molar-refractivity contribution in [3.63, 3.8) is 0 Å². The molecule has 6 heteroatoms. The number of azo groups is 1. The number of aromatic nitrogens is 2. The van der Waals surface area contributed by atoms with E-state index in [1.54, 1.807) is 11.3 Å². The third-order valence-corrected chi connectivity index (χ3v) is 5.82. The summed E-state index contributed by atoms with van der Waals surface area (Å²) in [6, 6.07) is 18.9. The highest BCUT2D eigenvalue weighted by molar-refractivity contribution is 7.12. The van der Waals surface area contributed by atoms with E-state index in [1.165, 1.54) is 11.2 Å². The van der Waals surface area contributed by atoms with Crippen LogP contribution in [0.5, 0.6) is 0 Å². The summed E-state index contributed by atoms with van der Waals surface area (Å²) in [5.41, 5.74) is 5.64. The van der Waals surface area contributed by atoms with Crippen molar-refractivity contribution in [3.8, 4) is 11.3 Å². The molecular formula is C22H23BrN4S. The first-order valence-electron chi connectivity index (χ1n) is 9.30. The summed E-state index contributed by atoms with van der Waals surface area (Å²) in [4.78, 5) is 0. The second-order valence-corrected chi connectivity index (χ2v) is 7.27. The van der Waals surface area contributed by atoms with Gasteiger partial charge in [0.05, 0.1) is 22.9 Å². The maximum Gasteiger partial charge on any atom is 0.408 e. The van der Waals surface area contributed by atoms with E-state index >= 15 is 0 Å². The zero-order chi connectivity index (χ0) is 18.8. The van der Waals surface area contributed by atoms with E-state index < -0.39 is 0 Å². The summed E-state index contributed by atoms with van der Waals surface area (Å²) in [7, 11) is 0. The summed E-state index contributed by atoms with van der Waals surface area (Å²) < 4.78 is 4.52. The van der Waals surface area contributed by atoms with Gasteiger partial charge in [-0.05, 0) is 43.3 Å². The van der Waals surface area contributed by atoms with E-state index in [9.17, 15) is 0 Å². The fraction of sp³-hybridized carbons (Fsp3) is 0.227. The normalized spacial score (nSPS) is 11.2. The Morgan fingerprint density at radius 3 is 2.39 bits per heavy atom. The maximum absolute atomic E-state index is 4.77. The molecule has 28 heavy (non-hydrogen) atoms. The van der Waals surface area contributed by atoms with Crippen molar-refractivity contribution >= 4 is 33.1 Å². The lowest BCUT2D eigenvalue weighted by atomic mass is 10.1. The lowest BCUT2D eigenvalue weighted by Crippen LogP contribution is -3.00. The molecule has 4 nitrogen and oxygen atoms in total. The Morgan fingerprint density at radius 2 is 1.68 bits per heavy atom. The molecule has 0 aliphatic carbocycles. The highest BCUT2D eigenvalue weighted by Crippen LogP contribution is 2.41. The van der Waals surface area contributed by atoms with Crippen LogP contribution in [-0.2, 0) is 13.1 Å². The number of fused-ring (bicyclic) bond motifs is 1. The molecule has 4 aromatic rings. The molecule has 0 aliphatic heterocycles. The van der Waals surface area contributed by atoms with Gasteiger partial charge in [-0.2, -0.15) is 0 Å². The third kappa shape index (κ3) is 3.54. The van der Waals surface area contributed by atoms with Crippen LogP contribution < -0.4 is 21.5 Å². The second-order valence-electron chi connectivity index (χ2n) is 6.43. The van der Waals surface area contributed by atoms with Crippen LogP contribution in [0.2, 0.25) is 0 Å². The molecule has 2 heterocycles. The van der Waals surface area contributed by atoms with Gasteiger partial charge in [0.25, 0.3) is 0 Å². The van der Waals surface area contributed by atoms with Gasteiger partial charge < -0.3 is 21.5 Å². The number of hydrogen-bond acceptors (Lipinski definition) is 3. The fourth-order valence-corrected chi connectivity index (χ4v) is 4.47. The molecule has 0 saturated heterocycles. The monoisotopic (exact) mass is 454 g/mol. The first-order chi connectivity index (χ1) is 13.2. The Labute approximate surface area is 180 Å². The summed E-state index contributed by atoms with van der Waals surface area (Å²) in [5, 5.41) is 13.6. The van der Waals surface area contributed by atoms with Gasteiger partial charge in [-0.1, -0.05) is 48.5 Å². The summed E-state index contributed by atoms with van der Waals surface area (Å²) in [5.74, 6) is 0. The number of aryl methyl sites for hydroxylation is 2. The zero-order valence-electron chi connectivity index (χ0n) is 16.3. The lowest BCUT2D eigenvalue weighted by Gasteiger charge is -2.08. The molecule has 0 unspecified atom stereocenters. The summed E-state index contributed by atoms with van der Waals surface area (Å²) >= 11 is 1.64. The van der Waals surface area contributed by atoms with Crippen LogP contribution in [-0.4, -0.2) is 4.57 Å². The van der Waals surface area contributed by atoms with Crippen molar-refractivity contribution in [2.45, 2.75) is 33.9 Å². The van der Waals surface area contributed by atoms with Gasteiger partial charge in [0.2, 0.25) is 0 Å². The Bertz CT molecular complexity index is 1110. The van der Waals surface area contributed by atoms with E-state index in [2.05, 4.69) is 88.9 Å². The van der Waals surface area contributed by atoms with Gasteiger partial charge in [-0.3, -0.25) is 0 Å². The number of thiazole rings is 1. The molecule has 4 rings (SSSR count). The molecule has 0 atom stereocenters. The van der Waals surface area contributed by atoms with Crippen LogP contribution in [0.3, 0.4) is 0 Å². The van der Waals surface area contributed by atoms with Gasteiger partial charge >= 0.3 is 5.13 Å². The third-order valence-electron chi connectivity index (χ3n) is 4.85. The molecule has 2 aromatic carbocycles. The molecule has 0 radical (unpaired) electrons. The zero-order valence-corrected chi connectivity index (χ0v) is 18.7. The first kappa shape index (κ1) is 20.4. The molecule has 0 N–H and O–H groups in total. The second kappa shape index (κ2) is 8.80. The smallest absolute Gasteiger partial charge is 0.408 e. The van der Waals surface area contributed by atoms with Gasteiger partial charge in [0, 0.05) is 22.9 Å². The molecule has 0 saturated carbocycles. The minimum Gasteiger partial charge on any atom is -1.00 e. The Morgan fingerprint density at radius 1 is 0.964 bits per heavy atom. The van der Waals surface area contributed by atoms with Crippen LogP contribution in [0.15, 0.2) is 70.2 Å². The average Bonchev–Trinajstić information content (AvgIpc) is 3.23. The predicted molar refractivity (Wildman–Crippen MR) is 112 cm³/mol. The van der Waals surface area contributed by atoms with Gasteiger partial charge in [-0.15, -0.1) is 0 Å². The Kier molecular flexibility index (Phi) is 6.42. The highest BCUT2D eigenvalue weighted by Gasteiger charge is 2.20. The average molecular weight is 455 g/mol. The minimum absolute atomic E-state index is 0. The molecular weight excluding hydrogens is 432 g/mol. The van der Waals surface area contributed by atoms with Crippen LogP contribution in [0.1, 0.15) is 19.5 Å². The van der Waals surface area contributed by atoms with Crippen LogP contribution >= 0.6 is 11.3 Å². The van der Waals surface area contributed by atoms with Crippen LogP contribution in [0.25, 0.3) is 22.2 Å². The van der Waals surface area contributed by atoms with E-state index in [0.717, 1.165) is 40.6 Å². The Balaban J connectivity index is 0.00000225. The lowest BCUT2D eigenvalue weighted by molar-refractivity contribution is -0.682. The van der Waals surface area contributed by atoms with Crippen molar-refractivity contribution in [2.75, 3.05) is 0 Å². The molecule has 2 aromatic heterocycles. The fourth-order valence-electron chi connectivity index (χ4n) is 3.57. The highest BCUT2D eigenvalue weighted by atomic mass is 79.9. The maximum atomic E-state index is 4.77. The van der Waals surface area contributed by atoms with E-state index in [0.29, 0.717) is 0 Å². The number of benzene rings is 2. The number of nitrogens with zero attached hydrogens (tertiary/aromatic N) is 4. The van der Waals surface area contributed by atoms with Gasteiger partial charge in [0.1, 0.15) is 11.4 Å². The topological polar surface area (TPSA) is 33.5 Å². The van der Waals surface area contributed by atoms with E-state index in [-0.39, 0.29) is 17.0 Å². The largest absolute Gasteiger partial charge is 1.00 e. The minimum atomic E-state index is 0. The van der Waals surface area contributed by atoms with Crippen LogP contribution in [0.4, 0.5) is 10.8 Å². The molecule has 0 aliphatic rings. The van der Waals surface area contributed by atoms with Gasteiger partial charge in [0.15, 0.2) is 0 Å². The molecule has 0 bridgehead atoms. The molecule has 0 fully saturated rings. The Hall–Kier alpha value is -2.31. The number of halogens is 1. The standard InChI is InChI=1S/C22H23N4S.BrH/c1-4-25-16(3)15-27-22(25)24-23-20-18-13-9-10-14-19(18)26(5-2)21(20)17-11-7-6-8-12-17;/h6-15H,4-5H2,1-3H3;1H/q+1;/p-1. The predicted octanol–water partition coefficient (Wildman–Crippen LogP) is 3.42. The van der Waals surface area contributed by atoms with Crippen molar-refractivity contribution < 1.29 is 21.5 Å². The molecule has 144 valence electrons. The number of para-hydroxylation sites is 1. The first-order valence-corrected chi connectivity index (χ1v) is 10.2. The number of rotatable bonds is 5. The van der Waals surface area contributed by atoms with Crippen molar-refractivity contribution in [3.05, 3.63) is 65.7 Å². The van der Waals surface area contributed by atoms with E-state index in [1.807, 2.05) is 6.07 Å². The van der Waals surface area contributed by atoms with Crippen molar-refractivity contribution in [1.29, 1.82) is 0 Å². The van der Waals surface area contributed by atoms with E-state index in [4.69, 9.17) is 5.11 Å². The van der Waals surface area contributed by atoms with Crippen molar-refractivity contribution in [2.24, 2.45) is 10.2 Å². The quantitative estimate of drug-likeness (QED) is 0.327. The van der Waals surface area contributed by atoms with Crippen LogP contribution in [0, 0.1) is 6.92 Å². The van der Waals surface area contributed by atoms with Crippen molar-refractivity contribution in [1.82, 2.24) is 4.57 Å².